The summed E-state index contributed by atoms with van der Waals surface area (Å²) in [4.78, 5) is 10.5. The molecule has 0 aromatic carbocycles. The number of alkyl halides is 3. The number of rotatable bonds is 3. The van der Waals surface area contributed by atoms with E-state index in [9.17, 15) is 26.4 Å². The molecule has 1 unspecified atom stereocenters. The lowest BCUT2D eigenvalue weighted by molar-refractivity contribution is -0.137. The number of carbonyl (C=O) groups is 1. The molecule has 1 atom stereocenters. The first-order valence-electron chi connectivity index (χ1n) is 3.83. The smallest absolute Gasteiger partial charge is 0.465 e. The van der Waals surface area contributed by atoms with Gasteiger partial charge < -0.3 is 4.74 Å². The van der Waals surface area contributed by atoms with Crippen LogP contribution in [0.2, 0.25) is 0 Å². The SMILES string of the molecule is O=C1CC(COS(=O)(=O)C(F)(F)F)CO1. The Morgan fingerprint density at radius 3 is 2.47 bits per heavy atom. The zero-order valence-electron chi connectivity index (χ0n) is 7.28. The van der Waals surface area contributed by atoms with Gasteiger partial charge in [0.25, 0.3) is 0 Å². The first kappa shape index (κ1) is 12.2. The van der Waals surface area contributed by atoms with Crippen molar-refractivity contribution in [1.29, 1.82) is 0 Å². The standard InChI is InChI=1S/C6H7F3O5S/c7-6(8,9)15(11,12)14-3-4-1-5(10)13-2-4/h4H,1-3H2. The number of carbonyl (C=O) groups excluding carboxylic acids is 1. The van der Waals surface area contributed by atoms with Crippen LogP contribution in [0.25, 0.3) is 0 Å². The van der Waals surface area contributed by atoms with Crippen molar-refractivity contribution in [3.8, 4) is 0 Å². The summed E-state index contributed by atoms with van der Waals surface area (Å²) in [6, 6.07) is 0. The fraction of sp³-hybridized carbons (Fsp3) is 0.833. The molecule has 5 nitrogen and oxygen atoms in total. The predicted molar refractivity (Wildman–Crippen MR) is 40.0 cm³/mol. The van der Waals surface area contributed by atoms with Gasteiger partial charge in [-0.2, -0.15) is 21.6 Å². The molecule has 88 valence electrons. The Kier molecular flexibility index (Phi) is 3.24. The summed E-state index contributed by atoms with van der Waals surface area (Å²) < 4.78 is 64.3. The number of hydrogen-bond donors (Lipinski definition) is 0. The first-order chi connectivity index (χ1) is 6.72. The van der Waals surface area contributed by atoms with Crippen LogP contribution in [0.5, 0.6) is 0 Å². The van der Waals surface area contributed by atoms with Crippen LogP contribution in [0.4, 0.5) is 13.2 Å². The number of esters is 1. The van der Waals surface area contributed by atoms with E-state index in [2.05, 4.69) is 8.92 Å². The summed E-state index contributed by atoms with van der Waals surface area (Å²) in [5.41, 5.74) is -5.43. The molecule has 1 aliphatic heterocycles. The largest absolute Gasteiger partial charge is 0.523 e. The Balaban J connectivity index is 2.47. The molecule has 0 radical (unpaired) electrons. The summed E-state index contributed by atoms with van der Waals surface area (Å²) >= 11 is 0. The van der Waals surface area contributed by atoms with E-state index in [1.54, 1.807) is 0 Å². The van der Waals surface area contributed by atoms with Gasteiger partial charge in [0.15, 0.2) is 0 Å². The highest BCUT2D eigenvalue weighted by Crippen LogP contribution is 2.26. The van der Waals surface area contributed by atoms with Gasteiger partial charge in [0.05, 0.1) is 19.6 Å². The van der Waals surface area contributed by atoms with Gasteiger partial charge in [-0.1, -0.05) is 0 Å². The zero-order chi connectivity index (χ0) is 11.7. The summed E-state index contributed by atoms with van der Waals surface area (Å²) in [7, 11) is -5.57. The molecule has 1 fully saturated rings. The van der Waals surface area contributed by atoms with Crippen molar-refractivity contribution in [2.24, 2.45) is 5.92 Å². The molecule has 0 spiro atoms. The molecule has 9 heteroatoms. The van der Waals surface area contributed by atoms with Gasteiger partial charge >= 0.3 is 21.6 Å². The number of halogens is 3. The zero-order valence-corrected chi connectivity index (χ0v) is 8.10. The van der Waals surface area contributed by atoms with E-state index in [4.69, 9.17) is 0 Å². The van der Waals surface area contributed by atoms with E-state index in [1.807, 2.05) is 0 Å². The summed E-state index contributed by atoms with van der Waals surface area (Å²) in [5.74, 6) is -1.22. The molecule has 1 rings (SSSR count). The molecule has 0 N–H and O–H groups in total. The third-order valence-electron chi connectivity index (χ3n) is 1.68. The number of hydrogen-bond acceptors (Lipinski definition) is 5. The van der Waals surface area contributed by atoms with Crippen molar-refractivity contribution in [2.45, 2.75) is 11.9 Å². The van der Waals surface area contributed by atoms with Gasteiger partial charge in [0.2, 0.25) is 0 Å². The third-order valence-corrected chi connectivity index (χ3v) is 2.69. The molecule has 0 aromatic heterocycles. The molecule has 1 heterocycles. The van der Waals surface area contributed by atoms with Gasteiger partial charge in [-0.25, -0.2) is 0 Å². The minimum absolute atomic E-state index is 0.119. The normalized spacial score (nSPS) is 22.9. The molecule has 0 bridgehead atoms. The van der Waals surface area contributed by atoms with E-state index in [0.717, 1.165) is 0 Å². The van der Waals surface area contributed by atoms with Gasteiger partial charge in [0.1, 0.15) is 0 Å². The maximum atomic E-state index is 11.8. The highest BCUT2D eigenvalue weighted by Gasteiger charge is 2.47. The lowest BCUT2D eigenvalue weighted by Gasteiger charge is -2.09. The highest BCUT2D eigenvalue weighted by molar-refractivity contribution is 7.87. The van der Waals surface area contributed by atoms with E-state index < -0.39 is 34.1 Å². The van der Waals surface area contributed by atoms with Crippen molar-refractivity contribution < 1.29 is 35.3 Å². The quantitative estimate of drug-likeness (QED) is 0.411. The molecular formula is C6H7F3O5S. The second-order valence-corrected chi connectivity index (χ2v) is 4.54. The Morgan fingerprint density at radius 2 is 2.07 bits per heavy atom. The Bertz CT molecular complexity index is 346. The van der Waals surface area contributed by atoms with Crippen LogP contribution in [0.1, 0.15) is 6.42 Å². The molecule has 1 aliphatic rings. The number of cyclic esters (lactones) is 1. The maximum Gasteiger partial charge on any atom is 0.523 e. The van der Waals surface area contributed by atoms with Crippen molar-refractivity contribution in [3.63, 3.8) is 0 Å². The molecule has 15 heavy (non-hydrogen) atoms. The van der Waals surface area contributed by atoms with Crippen molar-refractivity contribution in [1.82, 2.24) is 0 Å². The van der Waals surface area contributed by atoms with Crippen LogP contribution in [0.3, 0.4) is 0 Å². The monoisotopic (exact) mass is 248 g/mol. The lowest BCUT2D eigenvalue weighted by atomic mass is 10.1. The summed E-state index contributed by atoms with van der Waals surface area (Å²) in [6.07, 6.45) is -0.132. The van der Waals surface area contributed by atoms with Gasteiger partial charge in [-0.05, 0) is 0 Å². The fourth-order valence-electron chi connectivity index (χ4n) is 0.924. The lowest BCUT2D eigenvalue weighted by Crippen LogP contribution is -2.27. The Hall–Kier alpha value is -0.830. The molecule has 0 aliphatic carbocycles. The van der Waals surface area contributed by atoms with E-state index >= 15 is 0 Å². The molecular weight excluding hydrogens is 241 g/mol. The summed E-state index contributed by atoms with van der Waals surface area (Å²) in [5, 5.41) is 0. The van der Waals surface area contributed by atoms with Crippen LogP contribution in [-0.2, 0) is 23.8 Å². The minimum Gasteiger partial charge on any atom is -0.465 e. The van der Waals surface area contributed by atoms with E-state index in [-0.39, 0.29) is 13.0 Å². The van der Waals surface area contributed by atoms with Gasteiger partial charge in [-0.15, -0.1) is 0 Å². The van der Waals surface area contributed by atoms with Gasteiger partial charge in [-0.3, -0.25) is 8.98 Å². The molecule has 1 saturated heterocycles. The number of ether oxygens (including phenoxy) is 1. The highest BCUT2D eigenvalue weighted by atomic mass is 32.2. The van der Waals surface area contributed by atoms with Crippen LogP contribution in [0.15, 0.2) is 0 Å². The first-order valence-corrected chi connectivity index (χ1v) is 5.24. The van der Waals surface area contributed by atoms with Crippen molar-refractivity contribution >= 4 is 16.1 Å². The topological polar surface area (TPSA) is 69.7 Å². The second kappa shape index (κ2) is 3.97. The average Bonchev–Trinajstić information content (AvgIpc) is 2.46. The van der Waals surface area contributed by atoms with Gasteiger partial charge in [0, 0.05) is 5.92 Å². The average molecular weight is 248 g/mol. The van der Waals surface area contributed by atoms with Crippen LogP contribution in [-0.4, -0.2) is 33.1 Å². The van der Waals surface area contributed by atoms with E-state index in [0.29, 0.717) is 0 Å². The van der Waals surface area contributed by atoms with E-state index in [1.165, 1.54) is 0 Å². The van der Waals surface area contributed by atoms with Crippen LogP contribution >= 0.6 is 0 Å². The molecule has 0 saturated carbocycles. The molecule has 0 amide bonds. The Morgan fingerprint density at radius 1 is 1.47 bits per heavy atom. The summed E-state index contributed by atoms with van der Waals surface area (Å²) in [6.45, 7) is -0.820. The molecule has 0 aromatic rings. The van der Waals surface area contributed by atoms with Crippen LogP contribution in [0, 0.1) is 5.92 Å². The second-order valence-electron chi connectivity index (χ2n) is 2.94. The van der Waals surface area contributed by atoms with Crippen molar-refractivity contribution in [2.75, 3.05) is 13.2 Å². The predicted octanol–water partition coefficient (Wildman–Crippen LogP) is 0.416. The minimum atomic E-state index is -5.57. The Labute approximate surface area is 83.3 Å². The van der Waals surface area contributed by atoms with Crippen LogP contribution < -0.4 is 0 Å². The maximum absolute atomic E-state index is 11.8. The van der Waals surface area contributed by atoms with Crippen molar-refractivity contribution in [3.05, 3.63) is 0 Å². The third kappa shape index (κ3) is 3.06. The fourth-order valence-corrected chi connectivity index (χ4v) is 1.43.